The molecule has 0 aliphatic rings. The number of unbranched alkanes of at least 4 members (excludes halogenated alkanes) is 5. The lowest BCUT2D eigenvalue weighted by Gasteiger charge is -2.26. The average Bonchev–Trinajstić information content (AvgIpc) is 2.80. The molecule has 0 radical (unpaired) electrons. The van der Waals surface area contributed by atoms with Gasteiger partial charge in [-0.25, -0.2) is 4.79 Å². The Kier molecular flexibility index (Phi) is 11.6. The van der Waals surface area contributed by atoms with Gasteiger partial charge in [0, 0.05) is 18.7 Å². The second-order valence-corrected chi connectivity index (χ2v) is 8.01. The molecular formula is C27H37NO3. The first-order valence-electron chi connectivity index (χ1n) is 11.7. The molecule has 0 saturated carbocycles. The third kappa shape index (κ3) is 8.66. The molecule has 0 bridgehead atoms. The quantitative estimate of drug-likeness (QED) is 0.246. The molecule has 2 unspecified atom stereocenters. The van der Waals surface area contributed by atoms with Gasteiger partial charge in [0.25, 0.3) is 0 Å². The van der Waals surface area contributed by atoms with Crippen LogP contribution in [-0.4, -0.2) is 30.1 Å². The smallest absolute Gasteiger partial charge is 0.335 e. The molecule has 2 atom stereocenters. The lowest BCUT2D eigenvalue weighted by molar-refractivity contribution is 0.0354. The summed E-state index contributed by atoms with van der Waals surface area (Å²) >= 11 is 0. The number of aliphatic imine (C=N–C) groups is 1. The van der Waals surface area contributed by atoms with E-state index < -0.39 is 12.2 Å². The molecule has 2 aromatic carbocycles. The molecular weight excluding hydrogens is 386 g/mol. The predicted octanol–water partition coefficient (Wildman–Crippen LogP) is 7.09. The van der Waals surface area contributed by atoms with Gasteiger partial charge in [-0.15, -0.1) is 0 Å². The van der Waals surface area contributed by atoms with Crippen molar-refractivity contribution >= 4 is 12.2 Å². The topological polar surface area (TPSA) is 58.9 Å². The second kappa shape index (κ2) is 14.5. The van der Waals surface area contributed by atoms with Crippen molar-refractivity contribution in [1.29, 1.82) is 0 Å². The number of benzene rings is 2. The molecule has 1 N–H and O–H groups in total. The molecule has 0 amide bonds. The Bertz CT molecular complexity index is 788. The highest BCUT2D eigenvalue weighted by molar-refractivity contribution is 5.89. The number of carboxylic acids is 1. The average molecular weight is 424 g/mol. The van der Waals surface area contributed by atoms with Crippen LogP contribution in [0, 0.1) is 0 Å². The number of nitrogens with zero attached hydrogens (tertiary/aromatic N) is 1. The van der Waals surface area contributed by atoms with Crippen LogP contribution in [0.1, 0.15) is 92.6 Å². The van der Waals surface area contributed by atoms with Crippen LogP contribution in [0.25, 0.3) is 0 Å². The van der Waals surface area contributed by atoms with Crippen molar-refractivity contribution in [3.8, 4) is 0 Å². The summed E-state index contributed by atoms with van der Waals surface area (Å²) in [6, 6.07) is 17.2. The van der Waals surface area contributed by atoms with Gasteiger partial charge in [0.15, 0.2) is 6.23 Å². The molecule has 4 heteroatoms. The molecule has 168 valence electrons. The van der Waals surface area contributed by atoms with Crippen molar-refractivity contribution in [1.82, 2.24) is 0 Å². The third-order valence-electron chi connectivity index (χ3n) is 5.49. The van der Waals surface area contributed by atoms with E-state index in [4.69, 9.17) is 9.73 Å². The second-order valence-electron chi connectivity index (χ2n) is 8.01. The van der Waals surface area contributed by atoms with Crippen molar-refractivity contribution in [2.75, 3.05) is 6.61 Å². The summed E-state index contributed by atoms with van der Waals surface area (Å²) in [6.07, 6.45) is 10.4. The number of carboxylic acid groups (broad SMARTS) is 1. The van der Waals surface area contributed by atoms with Crippen LogP contribution in [-0.2, 0) is 4.74 Å². The fourth-order valence-corrected chi connectivity index (χ4v) is 3.83. The maximum atomic E-state index is 11.8. The van der Waals surface area contributed by atoms with Crippen LogP contribution >= 0.6 is 0 Å². The van der Waals surface area contributed by atoms with E-state index in [1.165, 1.54) is 25.7 Å². The zero-order valence-electron chi connectivity index (χ0n) is 19.0. The normalized spacial score (nSPS) is 13.4. The van der Waals surface area contributed by atoms with Gasteiger partial charge in [0.05, 0.1) is 5.56 Å². The van der Waals surface area contributed by atoms with E-state index in [0.29, 0.717) is 12.2 Å². The van der Waals surface area contributed by atoms with Crippen LogP contribution in [0.5, 0.6) is 0 Å². The molecule has 2 rings (SSSR count). The summed E-state index contributed by atoms with van der Waals surface area (Å²) in [6.45, 7) is 4.97. The highest BCUT2D eigenvalue weighted by Crippen LogP contribution is 2.31. The Morgan fingerprint density at radius 1 is 0.935 bits per heavy atom. The number of aromatic carboxylic acids is 1. The maximum Gasteiger partial charge on any atom is 0.335 e. The van der Waals surface area contributed by atoms with E-state index in [0.717, 1.165) is 36.8 Å². The molecule has 2 aromatic rings. The van der Waals surface area contributed by atoms with Gasteiger partial charge in [-0.3, -0.25) is 4.99 Å². The number of hydrogen-bond donors (Lipinski definition) is 1. The van der Waals surface area contributed by atoms with E-state index in [1.54, 1.807) is 12.1 Å². The fraction of sp³-hybridized carbons (Fsp3) is 0.481. The van der Waals surface area contributed by atoms with E-state index in [1.807, 2.05) is 48.7 Å². The summed E-state index contributed by atoms with van der Waals surface area (Å²) in [7, 11) is 0. The Morgan fingerprint density at radius 3 is 2.32 bits per heavy atom. The molecule has 31 heavy (non-hydrogen) atoms. The van der Waals surface area contributed by atoms with Crippen molar-refractivity contribution in [3.05, 3.63) is 71.3 Å². The monoisotopic (exact) mass is 423 g/mol. The Hall–Kier alpha value is -2.46. The minimum absolute atomic E-state index is 0.0997. The Balaban J connectivity index is 2.19. The molecule has 0 heterocycles. The van der Waals surface area contributed by atoms with Crippen LogP contribution in [0.15, 0.2) is 59.6 Å². The lowest BCUT2D eigenvalue weighted by Crippen LogP contribution is -2.23. The molecule has 0 aliphatic carbocycles. The van der Waals surface area contributed by atoms with Crippen molar-refractivity contribution in [3.63, 3.8) is 0 Å². The Morgan fingerprint density at radius 2 is 1.61 bits per heavy atom. The van der Waals surface area contributed by atoms with Gasteiger partial charge in [0.1, 0.15) is 0 Å². The first-order chi connectivity index (χ1) is 15.2. The first kappa shape index (κ1) is 24.8. The lowest BCUT2D eigenvalue weighted by atomic mass is 9.89. The fourth-order valence-electron chi connectivity index (χ4n) is 3.83. The molecule has 0 aliphatic heterocycles. The van der Waals surface area contributed by atoms with Crippen LogP contribution < -0.4 is 0 Å². The van der Waals surface area contributed by atoms with Gasteiger partial charge in [0.2, 0.25) is 0 Å². The van der Waals surface area contributed by atoms with Crippen molar-refractivity contribution in [2.45, 2.75) is 77.4 Å². The van der Waals surface area contributed by atoms with E-state index >= 15 is 0 Å². The molecule has 0 saturated heterocycles. The number of ether oxygens (including phenoxy) is 1. The highest BCUT2D eigenvalue weighted by Gasteiger charge is 2.26. The zero-order valence-corrected chi connectivity index (χ0v) is 19.0. The maximum absolute atomic E-state index is 11.8. The minimum Gasteiger partial charge on any atom is -0.478 e. The summed E-state index contributed by atoms with van der Waals surface area (Å²) in [5.41, 5.74) is 2.15. The first-order valence-corrected chi connectivity index (χ1v) is 11.7. The van der Waals surface area contributed by atoms with Gasteiger partial charge in [-0.2, -0.15) is 0 Å². The van der Waals surface area contributed by atoms with Crippen LogP contribution in [0.4, 0.5) is 0 Å². The van der Waals surface area contributed by atoms with Gasteiger partial charge in [-0.1, -0.05) is 101 Å². The van der Waals surface area contributed by atoms with Crippen LogP contribution in [0.3, 0.4) is 0 Å². The van der Waals surface area contributed by atoms with Gasteiger partial charge < -0.3 is 9.84 Å². The zero-order chi connectivity index (χ0) is 22.3. The molecule has 0 aromatic heterocycles. The number of hydrogen-bond acceptors (Lipinski definition) is 3. The molecule has 4 nitrogen and oxygen atoms in total. The van der Waals surface area contributed by atoms with Crippen molar-refractivity contribution in [2.24, 2.45) is 4.99 Å². The SMILES string of the molecule is CCCCCCCCOC(N=Cc1ccccc1)C(CCC)c1ccccc1C(=O)O. The highest BCUT2D eigenvalue weighted by atomic mass is 16.5. The molecule has 0 spiro atoms. The van der Waals surface area contributed by atoms with E-state index in [9.17, 15) is 9.90 Å². The standard InChI is InChI=1S/C27H37NO3/c1-3-5-6-7-8-14-20-31-26(28-21-22-16-10-9-11-17-22)24(15-4-2)23-18-12-13-19-25(23)27(29)30/h9-13,16-19,21,24,26H,3-8,14-15,20H2,1-2H3,(H,29,30). The van der Waals surface area contributed by atoms with E-state index in [-0.39, 0.29) is 5.92 Å². The van der Waals surface area contributed by atoms with E-state index in [2.05, 4.69) is 13.8 Å². The van der Waals surface area contributed by atoms with Crippen molar-refractivity contribution < 1.29 is 14.6 Å². The minimum atomic E-state index is -0.904. The third-order valence-corrected chi connectivity index (χ3v) is 5.49. The van der Waals surface area contributed by atoms with Gasteiger partial charge >= 0.3 is 5.97 Å². The summed E-state index contributed by atoms with van der Waals surface area (Å²) in [4.78, 5) is 16.6. The summed E-state index contributed by atoms with van der Waals surface area (Å²) in [5, 5.41) is 9.71. The molecule has 0 fully saturated rings. The van der Waals surface area contributed by atoms with Crippen LogP contribution in [0.2, 0.25) is 0 Å². The number of rotatable bonds is 15. The largest absolute Gasteiger partial charge is 0.478 e. The summed E-state index contributed by atoms with van der Waals surface area (Å²) < 4.78 is 6.28. The summed E-state index contributed by atoms with van der Waals surface area (Å²) in [5.74, 6) is -1.00. The Labute approximate surface area is 187 Å². The number of carbonyl (C=O) groups is 1. The predicted molar refractivity (Wildman–Crippen MR) is 128 cm³/mol. The van der Waals surface area contributed by atoms with Gasteiger partial charge in [-0.05, 0) is 30.0 Å².